The number of ether oxygens (including phenoxy) is 1. The Labute approximate surface area is 223 Å². The van der Waals surface area contributed by atoms with Gasteiger partial charge in [-0.05, 0) is 30.7 Å². The second-order valence-electron chi connectivity index (χ2n) is 10.1. The molecule has 1 aromatic heterocycles. The minimum absolute atomic E-state index is 0.0199. The highest BCUT2D eigenvalue weighted by Crippen LogP contribution is 2.56. The van der Waals surface area contributed by atoms with Crippen molar-refractivity contribution in [2.45, 2.75) is 37.8 Å². The van der Waals surface area contributed by atoms with Gasteiger partial charge in [0, 0.05) is 41.9 Å². The smallest absolute Gasteiger partial charge is 0.228 e. The molecule has 0 saturated carbocycles. The van der Waals surface area contributed by atoms with E-state index in [0.29, 0.717) is 11.3 Å². The molecule has 1 saturated heterocycles. The standard InChI is InChI=1S/C29H25N3O7/c1-29-13-16-21(17(12-19(29)31-39-3)32(29)20(33)11-14-7-9-30-10-8-14)27(36)24-23(26(16)35)25(34)15-5-4-6-18(38-2)22(15)28(24)37/h4-10,17,35-36H,11-13H2,1-3H3. The van der Waals surface area contributed by atoms with Crippen LogP contribution in [0, 0.1) is 0 Å². The van der Waals surface area contributed by atoms with Gasteiger partial charge in [-0.3, -0.25) is 19.4 Å². The summed E-state index contributed by atoms with van der Waals surface area (Å²) in [6.45, 7) is 1.82. The number of methoxy groups -OCH3 is 1. The third kappa shape index (κ3) is 3.30. The van der Waals surface area contributed by atoms with Crippen molar-refractivity contribution in [3.8, 4) is 17.2 Å². The number of phenols is 2. The zero-order valence-electron chi connectivity index (χ0n) is 21.5. The summed E-state index contributed by atoms with van der Waals surface area (Å²) in [5.41, 5.74) is 0.405. The minimum atomic E-state index is -1.00. The van der Waals surface area contributed by atoms with E-state index in [1.54, 1.807) is 41.6 Å². The van der Waals surface area contributed by atoms with Crippen molar-refractivity contribution in [1.29, 1.82) is 0 Å². The largest absolute Gasteiger partial charge is 0.507 e. The number of carbonyl (C=O) groups is 3. The number of hydrogen-bond acceptors (Lipinski definition) is 9. The minimum Gasteiger partial charge on any atom is -0.507 e. The fraction of sp³-hybridized carbons (Fsp3) is 0.276. The number of pyridine rings is 1. The van der Waals surface area contributed by atoms with Gasteiger partial charge in [0.2, 0.25) is 11.7 Å². The summed E-state index contributed by atoms with van der Waals surface area (Å²) in [4.78, 5) is 51.9. The highest BCUT2D eigenvalue weighted by Gasteiger charge is 2.57. The first-order valence-electron chi connectivity index (χ1n) is 12.4. The molecule has 2 unspecified atom stereocenters. The van der Waals surface area contributed by atoms with Gasteiger partial charge in [-0.2, -0.15) is 0 Å². The number of hydrogen-bond donors (Lipinski definition) is 2. The fourth-order valence-electron chi connectivity index (χ4n) is 6.35. The third-order valence-corrected chi connectivity index (χ3v) is 8.04. The lowest BCUT2D eigenvalue weighted by Gasteiger charge is -2.44. The van der Waals surface area contributed by atoms with Gasteiger partial charge < -0.3 is 24.7 Å². The maximum absolute atomic E-state index is 13.8. The van der Waals surface area contributed by atoms with Gasteiger partial charge >= 0.3 is 0 Å². The predicted molar refractivity (Wildman–Crippen MR) is 138 cm³/mol. The van der Waals surface area contributed by atoms with Gasteiger partial charge in [-0.15, -0.1) is 0 Å². The van der Waals surface area contributed by atoms with Crippen molar-refractivity contribution in [3.05, 3.63) is 81.7 Å². The second-order valence-corrected chi connectivity index (χ2v) is 10.1. The van der Waals surface area contributed by atoms with Gasteiger partial charge in [0.25, 0.3) is 0 Å². The molecular formula is C29H25N3O7. The highest BCUT2D eigenvalue weighted by molar-refractivity contribution is 6.31. The van der Waals surface area contributed by atoms with E-state index in [4.69, 9.17) is 9.57 Å². The molecule has 3 heterocycles. The Bertz CT molecular complexity index is 1620. The van der Waals surface area contributed by atoms with Gasteiger partial charge in [-0.25, -0.2) is 0 Å². The van der Waals surface area contributed by atoms with Gasteiger partial charge in [0.05, 0.1) is 47.5 Å². The molecule has 2 aromatic carbocycles. The number of aromatic nitrogens is 1. The Morgan fingerprint density at radius 3 is 2.49 bits per heavy atom. The van der Waals surface area contributed by atoms with E-state index in [2.05, 4.69) is 10.1 Å². The maximum Gasteiger partial charge on any atom is 0.228 e. The summed E-state index contributed by atoms with van der Waals surface area (Å²) in [5.74, 6) is -2.08. The summed E-state index contributed by atoms with van der Waals surface area (Å²) >= 11 is 0. The van der Waals surface area contributed by atoms with Crippen LogP contribution in [-0.2, 0) is 22.5 Å². The highest BCUT2D eigenvalue weighted by atomic mass is 16.6. The number of benzene rings is 2. The molecule has 1 fully saturated rings. The van der Waals surface area contributed by atoms with Gasteiger partial charge in [0.15, 0.2) is 5.78 Å². The van der Waals surface area contributed by atoms with Crippen molar-refractivity contribution < 1.29 is 34.2 Å². The van der Waals surface area contributed by atoms with Crippen LogP contribution in [0.2, 0.25) is 0 Å². The quantitative estimate of drug-likeness (QED) is 0.305. The van der Waals surface area contributed by atoms with E-state index < -0.39 is 28.9 Å². The molecule has 3 aromatic rings. The van der Waals surface area contributed by atoms with Crippen LogP contribution < -0.4 is 4.74 Å². The number of aromatic hydroxyl groups is 2. The molecule has 39 heavy (non-hydrogen) atoms. The molecule has 3 aliphatic rings. The van der Waals surface area contributed by atoms with E-state index in [1.807, 2.05) is 6.92 Å². The third-order valence-electron chi connectivity index (χ3n) is 8.04. The summed E-state index contributed by atoms with van der Waals surface area (Å²) in [5, 5.41) is 27.4. The first-order valence-corrected chi connectivity index (χ1v) is 12.4. The molecule has 0 spiro atoms. The molecule has 2 aliphatic heterocycles. The normalized spacial score (nSPS) is 21.9. The Kier molecular flexibility index (Phi) is 5.46. The molecule has 198 valence electrons. The predicted octanol–water partition coefficient (Wildman–Crippen LogP) is 3.11. The molecule has 2 atom stereocenters. The number of fused-ring (bicyclic) bond motifs is 6. The molecule has 6 rings (SSSR count). The first kappa shape index (κ1) is 24.6. The summed E-state index contributed by atoms with van der Waals surface area (Å²) in [6.07, 6.45) is 3.56. The average molecular weight is 528 g/mol. The van der Waals surface area contributed by atoms with E-state index >= 15 is 0 Å². The van der Waals surface area contributed by atoms with E-state index in [-0.39, 0.29) is 64.5 Å². The van der Waals surface area contributed by atoms with Crippen LogP contribution >= 0.6 is 0 Å². The molecule has 10 heteroatoms. The molecular weight excluding hydrogens is 502 g/mol. The van der Waals surface area contributed by atoms with Crippen LogP contribution in [0.25, 0.3) is 0 Å². The zero-order chi connectivity index (χ0) is 27.6. The molecule has 0 radical (unpaired) electrons. The topological polar surface area (TPSA) is 139 Å². The Balaban J connectivity index is 1.55. The van der Waals surface area contributed by atoms with Crippen molar-refractivity contribution in [2.75, 3.05) is 14.2 Å². The Morgan fingerprint density at radius 2 is 1.79 bits per heavy atom. The van der Waals surface area contributed by atoms with Crippen LogP contribution in [0.3, 0.4) is 0 Å². The van der Waals surface area contributed by atoms with Gasteiger partial charge in [0.1, 0.15) is 24.4 Å². The fourth-order valence-corrected chi connectivity index (χ4v) is 6.35. The lowest BCUT2D eigenvalue weighted by atomic mass is 9.76. The van der Waals surface area contributed by atoms with Crippen LogP contribution in [0.1, 0.15) is 67.9 Å². The first-order chi connectivity index (χ1) is 18.7. The SMILES string of the molecule is CON=C1CC2c3c(O)c4c(c(O)c3CC1(C)N2C(=O)Cc1ccncc1)C(=O)c1cccc(OC)c1C4=O. The number of oxime groups is 1. The van der Waals surface area contributed by atoms with Crippen LogP contribution in [0.5, 0.6) is 17.2 Å². The summed E-state index contributed by atoms with van der Waals surface area (Å²) in [7, 11) is 2.79. The van der Waals surface area contributed by atoms with Crippen molar-refractivity contribution in [3.63, 3.8) is 0 Å². The summed E-state index contributed by atoms with van der Waals surface area (Å²) < 4.78 is 5.33. The van der Waals surface area contributed by atoms with Crippen molar-refractivity contribution in [2.24, 2.45) is 5.16 Å². The lowest BCUT2D eigenvalue weighted by Crippen LogP contribution is -2.54. The van der Waals surface area contributed by atoms with E-state index in [9.17, 15) is 24.6 Å². The Hall–Kier alpha value is -4.73. The van der Waals surface area contributed by atoms with Crippen molar-refractivity contribution in [1.82, 2.24) is 9.88 Å². The number of phenolic OH excluding ortho intramolecular Hbond substituents is 2. The van der Waals surface area contributed by atoms with E-state index in [1.165, 1.54) is 20.3 Å². The number of ketones is 2. The van der Waals surface area contributed by atoms with Gasteiger partial charge in [-0.1, -0.05) is 17.3 Å². The second kappa shape index (κ2) is 8.65. The molecule has 1 aliphatic carbocycles. The Morgan fingerprint density at radius 1 is 1.08 bits per heavy atom. The number of amides is 1. The lowest BCUT2D eigenvalue weighted by molar-refractivity contribution is -0.136. The molecule has 2 N–H and O–H groups in total. The van der Waals surface area contributed by atoms with Crippen LogP contribution in [-0.4, -0.2) is 63.0 Å². The van der Waals surface area contributed by atoms with Crippen LogP contribution in [0.4, 0.5) is 0 Å². The monoisotopic (exact) mass is 527 g/mol. The van der Waals surface area contributed by atoms with Crippen molar-refractivity contribution >= 4 is 23.2 Å². The maximum atomic E-state index is 13.8. The molecule has 1 amide bonds. The summed E-state index contributed by atoms with van der Waals surface area (Å²) in [6, 6.07) is 7.38. The number of nitrogens with zero attached hydrogens (tertiary/aromatic N) is 3. The zero-order valence-corrected chi connectivity index (χ0v) is 21.5. The number of carbonyl (C=O) groups excluding carboxylic acids is 3. The van der Waals surface area contributed by atoms with E-state index in [0.717, 1.165) is 5.56 Å². The number of rotatable bonds is 4. The molecule has 10 nitrogen and oxygen atoms in total. The van der Waals surface area contributed by atoms with Crippen LogP contribution in [0.15, 0.2) is 47.9 Å². The molecule has 2 bridgehead atoms. The average Bonchev–Trinajstić information content (AvgIpc) is 3.13.